The minimum Gasteiger partial charge on any atom is -0.377 e. The molecule has 2 aliphatic heterocycles. The van der Waals surface area contributed by atoms with E-state index in [9.17, 15) is 27.6 Å². The molecule has 2 heterocycles. The lowest BCUT2D eigenvalue weighted by atomic mass is 9.91. The number of carbonyl (C=O) groups excluding carboxylic acids is 3. The maximum absolute atomic E-state index is 13.0. The number of amides is 2. The van der Waals surface area contributed by atoms with Crippen LogP contribution in [0.2, 0.25) is 0 Å². The van der Waals surface area contributed by atoms with E-state index < -0.39 is 35.4 Å². The third-order valence-corrected chi connectivity index (χ3v) is 6.09. The Morgan fingerprint density at radius 2 is 1.82 bits per heavy atom. The second-order valence-electron chi connectivity index (χ2n) is 8.42. The van der Waals surface area contributed by atoms with Crippen LogP contribution in [0.25, 0.3) is 0 Å². The number of benzene rings is 1. The first kappa shape index (κ1) is 24.6. The maximum atomic E-state index is 13.0. The van der Waals surface area contributed by atoms with Gasteiger partial charge in [0.1, 0.15) is 0 Å². The van der Waals surface area contributed by atoms with Gasteiger partial charge in [-0.25, -0.2) is 0 Å². The van der Waals surface area contributed by atoms with Gasteiger partial charge in [0.05, 0.1) is 17.2 Å². The van der Waals surface area contributed by atoms with Crippen molar-refractivity contribution < 1.29 is 27.6 Å². The molecule has 3 rings (SSSR count). The van der Waals surface area contributed by atoms with Gasteiger partial charge in [-0.05, 0) is 44.0 Å². The summed E-state index contributed by atoms with van der Waals surface area (Å²) in [5.74, 6) is -2.25. The average Bonchev–Trinajstić information content (AvgIpc) is 3.10. The number of Topliss-reactive ketones (excluding diaryl/α,β-unsaturated/α-hetero) is 1. The van der Waals surface area contributed by atoms with Gasteiger partial charge in [-0.2, -0.15) is 13.2 Å². The third-order valence-electron chi connectivity index (χ3n) is 6.09. The molecule has 33 heavy (non-hydrogen) atoms. The molecule has 0 bridgehead atoms. The molecule has 1 aromatic rings. The number of hydrogen-bond acceptors (Lipinski definition) is 5. The predicted octanol–water partition coefficient (Wildman–Crippen LogP) is 2.33. The van der Waals surface area contributed by atoms with Gasteiger partial charge >= 0.3 is 6.18 Å². The first-order valence-corrected chi connectivity index (χ1v) is 11.1. The summed E-state index contributed by atoms with van der Waals surface area (Å²) in [6, 6.07) is 4.68. The average molecular weight is 467 g/mol. The highest BCUT2D eigenvalue weighted by Gasteiger charge is 2.41. The molecule has 0 aromatic heterocycles. The van der Waals surface area contributed by atoms with E-state index in [0.29, 0.717) is 36.6 Å². The first-order chi connectivity index (χ1) is 15.5. The zero-order chi connectivity index (χ0) is 24.3. The smallest absolute Gasteiger partial charge is 0.377 e. The number of halogens is 3. The lowest BCUT2D eigenvalue weighted by molar-refractivity contribution is -0.146. The van der Waals surface area contributed by atoms with Crippen LogP contribution in [0.15, 0.2) is 35.5 Å². The van der Waals surface area contributed by atoms with E-state index in [1.165, 1.54) is 11.0 Å². The van der Waals surface area contributed by atoms with Gasteiger partial charge in [-0.15, -0.1) is 0 Å². The number of rotatable bonds is 6. The van der Waals surface area contributed by atoms with E-state index in [2.05, 4.69) is 10.6 Å². The van der Waals surface area contributed by atoms with Crippen LogP contribution in [0.3, 0.4) is 0 Å². The van der Waals surface area contributed by atoms with Gasteiger partial charge in [-0.3, -0.25) is 14.4 Å². The number of hydrogen-bond donors (Lipinski definition) is 2. The second kappa shape index (κ2) is 9.84. The Hall–Kier alpha value is -3.04. The van der Waals surface area contributed by atoms with E-state index in [1.807, 2.05) is 6.92 Å². The number of alkyl halides is 3. The number of piperazine rings is 1. The van der Waals surface area contributed by atoms with Crippen LogP contribution >= 0.6 is 0 Å². The lowest BCUT2D eigenvalue weighted by Crippen LogP contribution is -2.52. The molecule has 0 radical (unpaired) electrons. The highest BCUT2D eigenvalue weighted by Crippen LogP contribution is 2.32. The van der Waals surface area contributed by atoms with Crippen molar-refractivity contribution in [2.75, 3.05) is 37.6 Å². The molecule has 2 unspecified atom stereocenters. The van der Waals surface area contributed by atoms with Gasteiger partial charge in [0.15, 0.2) is 0 Å². The highest BCUT2D eigenvalue weighted by molar-refractivity contribution is 6.38. The molecule has 1 saturated heterocycles. The Bertz CT molecular complexity index is 953. The van der Waals surface area contributed by atoms with Crippen molar-refractivity contribution in [2.45, 2.75) is 39.4 Å². The molecular weight excluding hydrogens is 437 g/mol. The minimum atomic E-state index is -4.43. The summed E-state index contributed by atoms with van der Waals surface area (Å²) in [6.07, 6.45) is -3.65. The number of ketones is 1. The number of anilines is 1. The van der Waals surface area contributed by atoms with Gasteiger partial charge in [0.25, 0.3) is 11.8 Å². The fourth-order valence-electron chi connectivity index (χ4n) is 4.29. The van der Waals surface area contributed by atoms with E-state index in [-0.39, 0.29) is 19.0 Å². The van der Waals surface area contributed by atoms with Crippen LogP contribution < -0.4 is 15.5 Å². The fraction of sp³-hybridized carbons (Fsp3) is 0.522. The molecule has 0 spiro atoms. The van der Waals surface area contributed by atoms with E-state index in [1.54, 1.807) is 24.8 Å². The lowest BCUT2D eigenvalue weighted by Gasteiger charge is -2.36. The summed E-state index contributed by atoms with van der Waals surface area (Å²) in [5, 5.41) is 5.79. The molecule has 1 fully saturated rings. The van der Waals surface area contributed by atoms with Crippen LogP contribution in [0.1, 0.15) is 32.8 Å². The number of nitrogens with one attached hydrogen (secondary N) is 2. The second-order valence-corrected chi connectivity index (χ2v) is 8.42. The molecule has 0 saturated carbocycles. The van der Waals surface area contributed by atoms with Crippen molar-refractivity contribution >= 4 is 23.3 Å². The first-order valence-electron chi connectivity index (χ1n) is 11.1. The van der Waals surface area contributed by atoms with E-state index in [0.717, 1.165) is 18.6 Å². The van der Waals surface area contributed by atoms with E-state index in [4.69, 9.17) is 0 Å². The fourth-order valence-corrected chi connectivity index (χ4v) is 4.29. The Kier molecular flexibility index (Phi) is 7.34. The summed E-state index contributed by atoms with van der Waals surface area (Å²) >= 11 is 0. The van der Waals surface area contributed by atoms with Crippen molar-refractivity contribution in [2.24, 2.45) is 5.92 Å². The van der Waals surface area contributed by atoms with Crippen LogP contribution in [-0.2, 0) is 20.6 Å². The molecule has 10 heteroatoms. The molecule has 1 aromatic carbocycles. The summed E-state index contributed by atoms with van der Waals surface area (Å²) in [6.45, 7) is 6.97. The van der Waals surface area contributed by atoms with Gasteiger partial charge < -0.3 is 20.4 Å². The van der Waals surface area contributed by atoms with Crippen LogP contribution in [-0.4, -0.2) is 61.3 Å². The van der Waals surface area contributed by atoms with Gasteiger partial charge in [-0.1, -0.05) is 13.0 Å². The maximum Gasteiger partial charge on any atom is 0.416 e. The standard InChI is InChI=1S/C23H29F3N4O3/c1-4-8-27-21(32)19-14(2)18(15(3)28-19)20(31)22(33)30-11-9-29(10-12-30)17-7-5-6-16(13-17)23(24,25)26/h5-7,13,15,18,28H,4,8-12H2,1-3H3,(H,27,32). The molecular formula is C23H29F3N4O3. The topological polar surface area (TPSA) is 81.8 Å². The molecule has 7 nitrogen and oxygen atoms in total. The van der Waals surface area contributed by atoms with E-state index >= 15 is 0 Å². The Morgan fingerprint density at radius 3 is 2.42 bits per heavy atom. The van der Waals surface area contributed by atoms with Crippen LogP contribution in [0.5, 0.6) is 0 Å². The summed E-state index contributed by atoms with van der Waals surface area (Å²) in [7, 11) is 0. The Balaban J connectivity index is 1.64. The van der Waals surface area contributed by atoms with Crippen molar-refractivity contribution in [3.63, 3.8) is 0 Å². The largest absolute Gasteiger partial charge is 0.416 e. The van der Waals surface area contributed by atoms with Crippen molar-refractivity contribution in [3.8, 4) is 0 Å². The summed E-state index contributed by atoms with van der Waals surface area (Å²) in [4.78, 5) is 41.5. The van der Waals surface area contributed by atoms with Crippen molar-refractivity contribution in [1.29, 1.82) is 0 Å². The van der Waals surface area contributed by atoms with Crippen LogP contribution in [0.4, 0.5) is 18.9 Å². The molecule has 2 amide bonds. The number of carbonyl (C=O) groups is 3. The molecule has 2 aliphatic rings. The van der Waals surface area contributed by atoms with Gasteiger partial charge in [0.2, 0.25) is 5.78 Å². The molecule has 180 valence electrons. The Morgan fingerprint density at radius 1 is 1.15 bits per heavy atom. The summed E-state index contributed by atoms with van der Waals surface area (Å²) in [5.41, 5.74) is 0.573. The molecule has 0 aliphatic carbocycles. The zero-order valence-corrected chi connectivity index (χ0v) is 19.0. The van der Waals surface area contributed by atoms with Gasteiger partial charge in [0, 0.05) is 44.5 Å². The summed E-state index contributed by atoms with van der Waals surface area (Å²) < 4.78 is 39.0. The van der Waals surface area contributed by atoms with Crippen molar-refractivity contribution in [3.05, 3.63) is 41.1 Å². The SMILES string of the molecule is CCCNC(=O)C1=C(C)C(C(=O)C(=O)N2CCN(c3cccc(C(F)(F)F)c3)CC2)C(C)N1. The van der Waals surface area contributed by atoms with Crippen LogP contribution in [0, 0.1) is 5.92 Å². The third kappa shape index (κ3) is 5.31. The quantitative estimate of drug-likeness (QED) is 0.629. The Labute approximate surface area is 191 Å². The normalized spacial score (nSPS) is 21.2. The number of nitrogens with zero attached hydrogens (tertiary/aromatic N) is 2. The zero-order valence-electron chi connectivity index (χ0n) is 19.0. The minimum absolute atomic E-state index is 0.224. The van der Waals surface area contributed by atoms with Crippen molar-refractivity contribution in [1.82, 2.24) is 15.5 Å². The highest BCUT2D eigenvalue weighted by atomic mass is 19.4. The molecule has 2 atom stereocenters. The monoisotopic (exact) mass is 466 g/mol. The molecule has 2 N–H and O–H groups in total. The predicted molar refractivity (Wildman–Crippen MR) is 117 cm³/mol.